The van der Waals surface area contributed by atoms with E-state index in [-0.39, 0.29) is 5.82 Å². The summed E-state index contributed by atoms with van der Waals surface area (Å²) in [5, 5.41) is 0. The van der Waals surface area contributed by atoms with Crippen LogP contribution in [0.5, 0.6) is 0 Å². The monoisotopic (exact) mass is 199 g/mol. The van der Waals surface area contributed by atoms with E-state index in [1.54, 1.807) is 17.4 Å². The van der Waals surface area contributed by atoms with Gasteiger partial charge in [0.05, 0.1) is 10.2 Å². The molecule has 1 heterocycles. The van der Waals surface area contributed by atoms with E-state index >= 15 is 0 Å². The van der Waals surface area contributed by atoms with Crippen LogP contribution in [-0.4, -0.2) is 11.6 Å². The second-order valence-corrected chi connectivity index (χ2v) is 4.75. The Morgan fingerprint density at radius 1 is 1.50 bits per heavy atom. The summed E-state index contributed by atoms with van der Waals surface area (Å²) in [5.41, 5.74) is 0.782. The first-order valence-corrected chi connectivity index (χ1v) is 5.85. The number of hydrogen-bond donors (Lipinski definition) is 0. The van der Waals surface area contributed by atoms with E-state index in [9.17, 15) is 4.39 Å². The van der Waals surface area contributed by atoms with Crippen LogP contribution in [0.3, 0.4) is 0 Å². The predicted molar refractivity (Wildman–Crippen MR) is 53.5 cm³/mol. The Hall–Kier alpha value is -0.530. The molecule has 4 heteroatoms. The van der Waals surface area contributed by atoms with Crippen molar-refractivity contribution in [3.63, 3.8) is 0 Å². The van der Waals surface area contributed by atoms with E-state index in [0.29, 0.717) is 8.58 Å². The molecule has 0 fully saturated rings. The van der Waals surface area contributed by atoms with E-state index in [1.807, 2.05) is 0 Å². The van der Waals surface area contributed by atoms with Crippen LogP contribution in [0.4, 0.5) is 4.39 Å². The molecule has 1 aromatic carbocycles. The SMILES string of the molecule is CPc1nc2cc(F)ccc2s1. The topological polar surface area (TPSA) is 12.9 Å². The third-order valence-electron chi connectivity index (χ3n) is 1.56. The van der Waals surface area contributed by atoms with Gasteiger partial charge in [0, 0.05) is 6.07 Å². The average Bonchev–Trinajstić information content (AvgIpc) is 2.46. The quantitative estimate of drug-likeness (QED) is 0.642. The number of benzene rings is 1. The van der Waals surface area contributed by atoms with E-state index in [4.69, 9.17) is 0 Å². The smallest absolute Gasteiger partial charge is 0.125 e. The van der Waals surface area contributed by atoms with E-state index in [0.717, 1.165) is 15.0 Å². The normalized spacial score (nSPS) is 11.8. The minimum absolute atomic E-state index is 0.209. The summed E-state index contributed by atoms with van der Waals surface area (Å²) >= 11 is 1.64. The molecule has 0 aliphatic carbocycles. The van der Waals surface area contributed by atoms with Crippen molar-refractivity contribution in [3.05, 3.63) is 24.0 Å². The van der Waals surface area contributed by atoms with Gasteiger partial charge in [-0.3, -0.25) is 0 Å². The Labute approximate surface area is 75.4 Å². The lowest BCUT2D eigenvalue weighted by atomic mass is 10.3. The standard InChI is InChI=1S/C8H7FNPS/c1-11-8-10-6-4-5(9)2-3-7(6)12-8/h2-4,11H,1H3. The summed E-state index contributed by atoms with van der Waals surface area (Å²) in [5.74, 6) is -0.209. The van der Waals surface area contributed by atoms with E-state index < -0.39 is 0 Å². The number of aromatic nitrogens is 1. The molecule has 12 heavy (non-hydrogen) atoms. The molecular weight excluding hydrogens is 192 g/mol. The van der Waals surface area contributed by atoms with Crippen LogP contribution in [-0.2, 0) is 0 Å². The van der Waals surface area contributed by atoms with Crippen molar-refractivity contribution in [2.75, 3.05) is 6.66 Å². The van der Waals surface area contributed by atoms with Crippen LogP contribution < -0.4 is 4.75 Å². The van der Waals surface area contributed by atoms with Gasteiger partial charge < -0.3 is 0 Å². The summed E-state index contributed by atoms with van der Waals surface area (Å²) < 4.78 is 14.9. The lowest BCUT2D eigenvalue weighted by Gasteiger charge is -1.85. The Kier molecular flexibility index (Phi) is 2.07. The molecule has 0 saturated heterocycles. The number of rotatable bonds is 1. The van der Waals surface area contributed by atoms with Gasteiger partial charge in [0.1, 0.15) is 10.6 Å². The van der Waals surface area contributed by atoms with Crippen LogP contribution in [0.1, 0.15) is 0 Å². The van der Waals surface area contributed by atoms with Crippen molar-refractivity contribution in [1.82, 2.24) is 4.98 Å². The molecule has 0 saturated carbocycles. The zero-order valence-electron chi connectivity index (χ0n) is 6.47. The molecule has 1 unspecified atom stereocenters. The Bertz CT molecular complexity index is 412. The Morgan fingerprint density at radius 3 is 3.08 bits per heavy atom. The van der Waals surface area contributed by atoms with Gasteiger partial charge in [-0.05, 0) is 18.8 Å². The second kappa shape index (κ2) is 3.08. The van der Waals surface area contributed by atoms with Gasteiger partial charge >= 0.3 is 0 Å². The fourth-order valence-corrected chi connectivity index (χ4v) is 2.68. The maximum absolute atomic E-state index is 12.7. The molecule has 0 aliphatic heterocycles. The van der Waals surface area contributed by atoms with E-state index in [2.05, 4.69) is 11.6 Å². The minimum Gasteiger partial charge on any atom is -0.237 e. The predicted octanol–water partition coefficient (Wildman–Crippen LogP) is 2.37. The van der Waals surface area contributed by atoms with Gasteiger partial charge in [-0.15, -0.1) is 11.3 Å². The van der Waals surface area contributed by atoms with Crippen molar-refractivity contribution in [1.29, 1.82) is 0 Å². The van der Waals surface area contributed by atoms with Crippen LogP contribution in [0.25, 0.3) is 10.2 Å². The molecule has 0 aliphatic rings. The first-order chi connectivity index (χ1) is 5.79. The third-order valence-corrected chi connectivity index (χ3v) is 3.87. The lowest BCUT2D eigenvalue weighted by molar-refractivity contribution is 0.629. The molecular formula is C8H7FNPS. The number of thiazole rings is 1. The molecule has 1 atom stereocenters. The molecule has 62 valence electrons. The van der Waals surface area contributed by atoms with Crippen molar-refractivity contribution < 1.29 is 4.39 Å². The molecule has 1 aromatic heterocycles. The zero-order valence-corrected chi connectivity index (χ0v) is 8.28. The van der Waals surface area contributed by atoms with Crippen molar-refractivity contribution in [2.45, 2.75) is 0 Å². The third kappa shape index (κ3) is 1.35. The van der Waals surface area contributed by atoms with Crippen LogP contribution in [0.2, 0.25) is 0 Å². The first kappa shape index (κ1) is 8.09. The van der Waals surface area contributed by atoms with Gasteiger partial charge in [0.2, 0.25) is 0 Å². The van der Waals surface area contributed by atoms with E-state index in [1.165, 1.54) is 12.1 Å². The summed E-state index contributed by atoms with van der Waals surface area (Å²) in [6.07, 6.45) is 0. The van der Waals surface area contributed by atoms with Crippen molar-refractivity contribution >= 4 is 34.9 Å². The largest absolute Gasteiger partial charge is 0.237 e. The molecule has 0 spiro atoms. The molecule has 0 N–H and O–H groups in total. The van der Waals surface area contributed by atoms with Crippen molar-refractivity contribution in [2.24, 2.45) is 0 Å². The highest BCUT2D eigenvalue weighted by Gasteiger charge is 2.02. The fourth-order valence-electron chi connectivity index (χ4n) is 1.01. The maximum Gasteiger partial charge on any atom is 0.125 e. The number of hydrogen-bond acceptors (Lipinski definition) is 2. The van der Waals surface area contributed by atoms with Gasteiger partial charge in [-0.25, -0.2) is 9.37 Å². The Balaban J connectivity index is 2.67. The molecule has 1 nitrogen and oxygen atoms in total. The average molecular weight is 199 g/mol. The number of halogens is 1. The Morgan fingerprint density at radius 2 is 2.33 bits per heavy atom. The molecule has 0 amide bonds. The maximum atomic E-state index is 12.7. The van der Waals surface area contributed by atoms with Crippen molar-refractivity contribution in [3.8, 4) is 0 Å². The summed E-state index contributed by atoms with van der Waals surface area (Å²) in [7, 11) is 0.695. The van der Waals surface area contributed by atoms with Gasteiger partial charge in [-0.1, -0.05) is 8.58 Å². The fraction of sp³-hybridized carbons (Fsp3) is 0.125. The number of nitrogens with zero attached hydrogens (tertiary/aromatic N) is 1. The van der Waals surface area contributed by atoms with Crippen LogP contribution in [0, 0.1) is 5.82 Å². The summed E-state index contributed by atoms with van der Waals surface area (Å²) in [6.45, 7) is 2.08. The number of fused-ring (bicyclic) bond motifs is 1. The summed E-state index contributed by atoms with van der Waals surface area (Å²) in [6, 6.07) is 4.74. The highest BCUT2D eigenvalue weighted by Crippen LogP contribution is 2.20. The van der Waals surface area contributed by atoms with Crippen LogP contribution in [0.15, 0.2) is 18.2 Å². The lowest BCUT2D eigenvalue weighted by Crippen LogP contribution is -1.87. The summed E-state index contributed by atoms with van der Waals surface area (Å²) in [4.78, 5) is 4.28. The molecule has 2 rings (SSSR count). The molecule has 0 radical (unpaired) electrons. The molecule has 2 aromatic rings. The van der Waals surface area contributed by atoms with Crippen LogP contribution >= 0.6 is 19.9 Å². The van der Waals surface area contributed by atoms with Gasteiger partial charge in [0.25, 0.3) is 0 Å². The second-order valence-electron chi connectivity index (χ2n) is 2.38. The zero-order chi connectivity index (χ0) is 8.55. The van der Waals surface area contributed by atoms with Gasteiger partial charge in [-0.2, -0.15) is 0 Å². The first-order valence-electron chi connectivity index (χ1n) is 3.53. The minimum atomic E-state index is -0.209. The van der Waals surface area contributed by atoms with Gasteiger partial charge in [0.15, 0.2) is 0 Å². The highest BCUT2D eigenvalue weighted by molar-refractivity contribution is 7.56. The highest BCUT2D eigenvalue weighted by atomic mass is 32.1. The molecule has 0 bridgehead atoms.